The molecular formula is C23H29NO5. The lowest BCUT2D eigenvalue weighted by atomic mass is 10.1. The summed E-state index contributed by atoms with van der Waals surface area (Å²) in [5.74, 6) is 1.33. The average Bonchev–Trinajstić information content (AvgIpc) is 2.74. The molecule has 2 aromatic rings. The molecule has 29 heavy (non-hydrogen) atoms. The Labute approximate surface area is 172 Å². The molecule has 0 aliphatic carbocycles. The molecule has 1 heterocycles. The minimum absolute atomic E-state index is 0.137. The van der Waals surface area contributed by atoms with Crippen molar-refractivity contribution in [2.45, 2.75) is 39.5 Å². The molecule has 0 saturated carbocycles. The van der Waals surface area contributed by atoms with Gasteiger partial charge >= 0.3 is 5.97 Å². The van der Waals surface area contributed by atoms with Crippen LogP contribution in [0.1, 0.15) is 26.3 Å². The maximum Gasteiger partial charge on any atom is 0.335 e. The van der Waals surface area contributed by atoms with E-state index in [9.17, 15) is 4.79 Å². The molecule has 0 bridgehead atoms. The van der Waals surface area contributed by atoms with Gasteiger partial charge in [0.25, 0.3) is 0 Å². The molecule has 2 aromatic carbocycles. The fraction of sp³-hybridized carbons (Fsp3) is 0.435. The molecule has 2 atom stereocenters. The van der Waals surface area contributed by atoms with Gasteiger partial charge in [-0.25, -0.2) is 4.79 Å². The van der Waals surface area contributed by atoms with Gasteiger partial charge in [0, 0.05) is 13.0 Å². The normalized spacial score (nSPS) is 15.1. The van der Waals surface area contributed by atoms with Crippen molar-refractivity contribution >= 4 is 11.7 Å². The Bertz CT molecular complexity index is 792. The maximum atomic E-state index is 12.0. The van der Waals surface area contributed by atoms with Crippen LogP contribution in [0.5, 0.6) is 11.5 Å². The number of carbonyl (C=O) groups excluding carboxylic acids is 1. The van der Waals surface area contributed by atoms with Crippen molar-refractivity contribution < 1.29 is 23.7 Å². The number of benzene rings is 2. The summed E-state index contributed by atoms with van der Waals surface area (Å²) in [6.07, 6.45) is -0.253. The molecule has 0 amide bonds. The number of rotatable bonds is 9. The first-order chi connectivity index (χ1) is 14.1. The molecule has 0 fully saturated rings. The van der Waals surface area contributed by atoms with Crippen LogP contribution in [-0.2, 0) is 20.7 Å². The van der Waals surface area contributed by atoms with Crippen molar-refractivity contribution in [1.82, 2.24) is 0 Å². The van der Waals surface area contributed by atoms with E-state index in [1.165, 1.54) is 0 Å². The highest BCUT2D eigenvalue weighted by atomic mass is 16.6. The lowest BCUT2D eigenvalue weighted by molar-refractivity contribution is -0.156. The number of para-hydroxylation sites is 2. The van der Waals surface area contributed by atoms with E-state index >= 15 is 0 Å². The van der Waals surface area contributed by atoms with Crippen molar-refractivity contribution in [1.29, 1.82) is 0 Å². The van der Waals surface area contributed by atoms with Crippen LogP contribution < -0.4 is 14.4 Å². The second kappa shape index (κ2) is 10.2. The third-order valence-corrected chi connectivity index (χ3v) is 4.77. The van der Waals surface area contributed by atoms with Crippen LogP contribution in [0.15, 0.2) is 48.5 Å². The van der Waals surface area contributed by atoms with Crippen LogP contribution in [0, 0.1) is 0 Å². The van der Waals surface area contributed by atoms with Crippen molar-refractivity contribution in [3.63, 3.8) is 0 Å². The average molecular weight is 399 g/mol. The molecular weight excluding hydrogens is 370 g/mol. The maximum absolute atomic E-state index is 12.0. The predicted molar refractivity (Wildman–Crippen MR) is 112 cm³/mol. The number of hydrogen-bond acceptors (Lipinski definition) is 6. The number of esters is 1. The largest absolute Gasteiger partial charge is 0.490 e. The minimum atomic E-state index is -0.588. The van der Waals surface area contributed by atoms with E-state index in [0.29, 0.717) is 26.2 Å². The van der Waals surface area contributed by atoms with E-state index in [-0.39, 0.29) is 12.2 Å². The van der Waals surface area contributed by atoms with Gasteiger partial charge in [-0.1, -0.05) is 24.3 Å². The molecule has 1 aliphatic heterocycles. The zero-order valence-electron chi connectivity index (χ0n) is 17.3. The molecule has 1 aliphatic rings. The summed E-state index contributed by atoms with van der Waals surface area (Å²) >= 11 is 0. The Kier molecular flexibility index (Phi) is 7.36. The summed E-state index contributed by atoms with van der Waals surface area (Å²) in [5.41, 5.74) is 2.03. The van der Waals surface area contributed by atoms with Crippen LogP contribution in [0.25, 0.3) is 0 Å². The van der Waals surface area contributed by atoms with E-state index in [4.69, 9.17) is 18.9 Å². The topological polar surface area (TPSA) is 57.2 Å². The number of anilines is 1. The number of hydrogen-bond donors (Lipinski definition) is 0. The Morgan fingerprint density at radius 2 is 1.86 bits per heavy atom. The predicted octanol–water partition coefficient (Wildman–Crippen LogP) is 3.82. The summed E-state index contributed by atoms with van der Waals surface area (Å²) in [7, 11) is 0. The number of ether oxygens (including phenoxy) is 4. The lowest BCUT2D eigenvalue weighted by Crippen LogP contribution is -2.42. The van der Waals surface area contributed by atoms with Crippen molar-refractivity contribution in [2.75, 3.05) is 31.3 Å². The highest BCUT2D eigenvalue weighted by molar-refractivity contribution is 5.75. The van der Waals surface area contributed by atoms with Gasteiger partial charge in [0.2, 0.25) is 0 Å². The van der Waals surface area contributed by atoms with Gasteiger partial charge in [-0.05, 0) is 50.6 Å². The van der Waals surface area contributed by atoms with Crippen LogP contribution in [0.3, 0.4) is 0 Å². The highest BCUT2D eigenvalue weighted by Crippen LogP contribution is 2.32. The summed E-state index contributed by atoms with van der Waals surface area (Å²) in [4.78, 5) is 14.2. The fourth-order valence-corrected chi connectivity index (χ4v) is 3.39. The summed E-state index contributed by atoms with van der Waals surface area (Å²) < 4.78 is 22.5. The van der Waals surface area contributed by atoms with Crippen LogP contribution in [0.2, 0.25) is 0 Å². The Morgan fingerprint density at radius 3 is 2.59 bits per heavy atom. The van der Waals surface area contributed by atoms with Gasteiger partial charge in [0.15, 0.2) is 12.3 Å². The zero-order valence-corrected chi connectivity index (χ0v) is 17.3. The van der Waals surface area contributed by atoms with Gasteiger partial charge in [-0.3, -0.25) is 0 Å². The van der Waals surface area contributed by atoms with E-state index < -0.39 is 6.10 Å². The van der Waals surface area contributed by atoms with Crippen LogP contribution in [-0.4, -0.2) is 44.7 Å². The minimum Gasteiger partial charge on any atom is -0.490 e. The molecule has 0 N–H and O–H groups in total. The molecule has 0 saturated heterocycles. The second-order valence-corrected chi connectivity index (χ2v) is 6.77. The molecule has 6 heteroatoms. The van der Waals surface area contributed by atoms with Gasteiger partial charge in [-0.15, -0.1) is 0 Å². The summed E-state index contributed by atoms with van der Waals surface area (Å²) in [6.45, 7) is 7.90. The Balaban J connectivity index is 1.62. The van der Waals surface area contributed by atoms with Gasteiger partial charge in [0.05, 0.1) is 18.8 Å². The number of nitrogens with zero attached hydrogens (tertiary/aromatic N) is 1. The van der Waals surface area contributed by atoms with Crippen LogP contribution >= 0.6 is 0 Å². The van der Waals surface area contributed by atoms with E-state index in [0.717, 1.165) is 29.3 Å². The fourth-order valence-electron chi connectivity index (χ4n) is 3.39. The molecule has 0 radical (unpaired) electrons. The molecule has 3 rings (SSSR count). The highest BCUT2D eigenvalue weighted by Gasteiger charge is 2.24. The first-order valence-electron chi connectivity index (χ1n) is 10.1. The monoisotopic (exact) mass is 399 g/mol. The van der Waals surface area contributed by atoms with Crippen molar-refractivity contribution in [3.05, 3.63) is 54.1 Å². The first kappa shape index (κ1) is 21.0. The quantitative estimate of drug-likeness (QED) is 0.598. The Morgan fingerprint density at radius 1 is 1.10 bits per heavy atom. The standard InChI is InChI=1S/C23H29NO5/c1-4-26-22(23(25)27-5-2)16-18-10-12-19(13-11-18)29-17(3)24-14-15-28-21-9-7-6-8-20(21)24/h6-13,17,22H,4-5,14-16H2,1-3H3/t17?,22-/m0/s1. The van der Waals surface area contributed by atoms with Crippen molar-refractivity contribution in [3.8, 4) is 11.5 Å². The number of fused-ring (bicyclic) bond motifs is 1. The van der Waals surface area contributed by atoms with Gasteiger partial charge in [-0.2, -0.15) is 0 Å². The zero-order chi connectivity index (χ0) is 20.6. The third-order valence-electron chi connectivity index (χ3n) is 4.77. The van der Waals surface area contributed by atoms with Gasteiger partial charge in [0.1, 0.15) is 18.1 Å². The molecule has 0 aromatic heterocycles. The smallest absolute Gasteiger partial charge is 0.335 e. The van der Waals surface area contributed by atoms with Crippen LogP contribution in [0.4, 0.5) is 5.69 Å². The van der Waals surface area contributed by atoms with E-state index in [1.54, 1.807) is 6.92 Å². The summed E-state index contributed by atoms with van der Waals surface area (Å²) in [6, 6.07) is 15.8. The van der Waals surface area contributed by atoms with E-state index in [2.05, 4.69) is 4.90 Å². The lowest BCUT2D eigenvalue weighted by Gasteiger charge is -2.35. The van der Waals surface area contributed by atoms with Crippen molar-refractivity contribution in [2.24, 2.45) is 0 Å². The first-order valence-corrected chi connectivity index (χ1v) is 10.1. The third kappa shape index (κ3) is 5.41. The Hall–Kier alpha value is -2.73. The van der Waals surface area contributed by atoms with E-state index in [1.807, 2.05) is 62.4 Å². The second-order valence-electron chi connectivity index (χ2n) is 6.77. The molecule has 0 spiro atoms. The SMILES string of the molecule is CCOC(=O)[C@H](Cc1ccc(OC(C)N2CCOc3ccccc32)cc1)OCC. The number of carbonyl (C=O) groups is 1. The summed E-state index contributed by atoms with van der Waals surface area (Å²) in [5, 5.41) is 0. The molecule has 6 nitrogen and oxygen atoms in total. The molecule has 156 valence electrons. The van der Waals surface area contributed by atoms with Gasteiger partial charge < -0.3 is 23.8 Å². The molecule has 1 unspecified atom stereocenters.